The number of aromatic amines is 1. The summed E-state index contributed by atoms with van der Waals surface area (Å²) in [6, 6.07) is 9.67. The number of H-pyrrole nitrogens is 1. The first-order chi connectivity index (χ1) is 10.6. The lowest BCUT2D eigenvalue weighted by molar-refractivity contribution is -0.141. The van der Waals surface area contributed by atoms with Gasteiger partial charge in [-0.05, 0) is 37.3 Å². The van der Waals surface area contributed by atoms with Crippen LogP contribution in [0.3, 0.4) is 0 Å². The normalized spacial score (nSPS) is 28.0. The van der Waals surface area contributed by atoms with E-state index in [-0.39, 0.29) is 18.0 Å². The van der Waals surface area contributed by atoms with E-state index in [0.29, 0.717) is 6.54 Å². The summed E-state index contributed by atoms with van der Waals surface area (Å²) >= 11 is 0. The Bertz CT molecular complexity index is 733. The van der Waals surface area contributed by atoms with Crippen LogP contribution in [0.5, 0.6) is 0 Å². The minimum Gasteiger partial charge on any atom is -0.357 e. The van der Waals surface area contributed by atoms with Gasteiger partial charge in [-0.15, -0.1) is 0 Å². The Labute approximate surface area is 128 Å². The fourth-order valence-corrected chi connectivity index (χ4v) is 3.81. The largest absolute Gasteiger partial charge is 0.357 e. The van der Waals surface area contributed by atoms with Crippen LogP contribution in [-0.2, 0) is 11.3 Å². The molecule has 2 N–H and O–H groups in total. The number of para-hydroxylation sites is 1. The average Bonchev–Trinajstić information content (AvgIpc) is 3.07. The molecule has 2 fully saturated rings. The number of nitrogens with zero attached hydrogens (tertiary/aromatic N) is 1. The number of imide groups is 1. The Morgan fingerprint density at radius 2 is 2.14 bits per heavy atom. The number of urea groups is 1. The molecule has 2 unspecified atom stereocenters. The Kier molecular flexibility index (Phi) is 2.79. The van der Waals surface area contributed by atoms with Gasteiger partial charge < -0.3 is 10.3 Å². The Balaban J connectivity index is 1.64. The van der Waals surface area contributed by atoms with E-state index < -0.39 is 5.41 Å². The van der Waals surface area contributed by atoms with Gasteiger partial charge in [0.2, 0.25) is 5.91 Å². The highest BCUT2D eigenvalue weighted by Gasteiger charge is 2.52. The van der Waals surface area contributed by atoms with Gasteiger partial charge in [0.15, 0.2) is 0 Å². The van der Waals surface area contributed by atoms with Crippen molar-refractivity contribution in [2.45, 2.75) is 38.8 Å². The second-order valence-corrected chi connectivity index (χ2v) is 6.58. The highest BCUT2D eigenvalue weighted by Crippen LogP contribution is 2.42. The van der Waals surface area contributed by atoms with Crippen molar-refractivity contribution in [1.82, 2.24) is 15.2 Å². The van der Waals surface area contributed by atoms with Crippen LogP contribution >= 0.6 is 0 Å². The number of benzene rings is 1. The molecule has 22 heavy (non-hydrogen) atoms. The Morgan fingerprint density at radius 3 is 2.95 bits per heavy atom. The molecule has 2 heterocycles. The van der Waals surface area contributed by atoms with Gasteiger partial charge in [0.05, 0.1) is 12.0 Å². The van der Waals surface area contributed by atoms with E-state index in [1.54, 1.807) is 0 Å². The number of carbonyl (C=O) groups excluding carboxylic acids is 2. The third-order valence-corrected chi connectivity index (χ3v) is 5.15. The smallest absolute Gasteiger partial charge is 0.324 e. The van der Waals surface area contributed by atoms with Crippen LogP contribution in [0.1, 0.15) is 31.9 Å². The van der Waals surface area contributed by atoms with E-state index in [1.807, 2.05) is 37.3 Å². The minimum absolute atomic E-state index is 0.00790. The van der Waals surface area contributed by atoms with Gasteiger partial charge in [-0.2, -0.15) is 0 Å². The molecule has 3 amide bonds. The van der Waals surface area contributed by atoms with Crippen molar-refractivity contribution in [3.63, 3.8) is 0 Å². The van der Waals surface area contributed by atoms with Crippen LogP contribution in [0, 0.1) is 5.41 Å². The molecule has 1 aliphatic heterocycles. The van der Waals surface area contributed by atoms with Crippen molar-refractivity contribution in [3.05, 3.63) is 36.0 Å². The van der Waals surface area contributed by atoms with Crippen molar-refractivity contribution in [1.29, 1.82) is 0 Å². The SMILES string of the molecule is CC12CCCC1NC(=O)N(Cc1cc3ccccc3[nH]1)C2=O. The lowest BCUT2D eigenvalue weighted by atomic mass is 9.81. The van der Waals surface area contributed by atoms with Gasteiger partial charge in [0.25, 0.3) is 0 Å². The molecule has 1 saturated carbocycles. The first-order valence-corrected chi connectivity index (χ1v) is 7.77. The molecule has 0 spiro atoms. The van der Waals surface area contributed by atoms with Crippen LogP contribution in [0.4, 0.5) is 4.79 Å². The molecule has 1 aliphatic carbocycles. The first-order valence-electron chi connectivity index (χ1n) is 7.77. The number of nitrogens with one attached hydrogen (secondary N) is 2. The van der Waals surface area contributed by atoms with E-state index in [1.165, 1.54) is 4.90 Å². The number of carbonyl (C=O) groups is 2. The van der Waals surface area contributed by atoms with Crippen LogP contribution in [0.15, 0.2) is 30.3 Å². The maximum Gasteiger partial charge on any atom is 0.324 e. The molecule has 2 aliphatic rings. The van der Waals surface area contributed by atoms with Gasteiger partial charge in [-0.25, -0.2) is 4.79 Å². The maximum absolute atomic E-state index is 12.8. The fraction of sp³-hybridized carbons (Fsp3) is 0.412. The molecule has 1 aromatic heterocycles. The van der Waals surface area contributed by atoms with E-state index in [4.69, 9.17) is 0 Å². The molecule has 5 nitrogen and oxygen atoms in total. The van der Waals surface area contributed by atoms with Crippen LogP contribution in [0.25, 0.3) is 10.9 Å². The predicted octanol–water partition coefficient (Wildman–Crippen LogP) is 2.78. The van der Waals surface area contributed by atoms with Gasteiger partial charge in [-0.1, -0.05) is 24.6 Å². The minimum atomic E-state index is -0.445. The Morgan fingerprint density at radius 1 is 1.32 bits per heavy atom. The molecule has 4 rings (SSSR count). The number of hydrogen-bond donors (Lipinski definition) is 2. The maximum atomic E-state index is 12.8. The van der Waals surface area contributed by atoms with E-state index in [2.05, 4.69) is 10.3 Å². The number of aromatic nitrogens is 1. The summed E-state index contributed by atoms with van der Waals surface area (Å²) in [4.78, 5) is 29.7. The van der Waals surface area contributed by atoms with Crippen LogP contribution in [0.2, 0.25) is 0 Å². The topological polar surface area (TPSA) is 65.2 Å². The Hall–Kier alpha value is -2.30. The average molecular weight is 297 g/mol. The summed E-state index contributed by atoms with van der Waals surface area (Å²) in [5.74, 6) is -0.0441. The number of amides is 3. The first kappa shape index (κ1) is 13.4. The summed E-state index contributed by atoms with van der Waals surface area (Å²) in [6.45, 7) is 2.27. The van der Waals surface area contributed by atoms with E-state index in [0.717, 1.165) is 35.9 Å². The molecule has 114 valence electrons. The second-order valence-electron chi connectivity index (χ2n) is 6.58. The second kappa shape index (κ2) is 4.60. The lowest BCUT2D eigenvalue weighted by Gasteiger charge is -2.40. The summed E-state index contributed by atoms with van der Waals surface area (Å²) < 4.78 is 0. The number of rotatable bonds is 2. The van der Waals surface area contributed by atoms with Gasteiger partial charge >= 0.3 is 6.03 Å². The molecule has 1 saturated heterocycles. The number of fused-ring (bicyclic) bond motifs is 2. The fourth-order valence-electron chi connectivity index (χ4n) is 3.81. The van der Waals surface area contributed by atoms with E-state index in [9.17, 15) is 9.59 Å². The quantitative estimate of drug-likeness (QED) is 0.895. The molecular formula is C17H19N3O2. The third-order valence-electron chi connectivity index (χ3n) is 5.15. The molecule has 0 radical (unpaired) electrons. The molecule has 5 heteroatoms. The zero-order valence-electron chi connectivity index (χ0n) is 12.6. The van der Waals surface area contributed by atoms with Crippen molar-refractivity contribution in [2.24, 2.45) is 5.41 Å². The van der Waals surface area contributed by atoms with Crippen LogP contribution in [-0.4, -0.2) is 27.9 Å². The lowest BCUT2D eigenvalue weighted by Crippen LogP contribution is -2.62. The van der Waals surface area contributed by atoms with E-state index >= 15 is 0 Å². The van der Waals surface area contributed by atoms with Crippen molar-refractivity contribution in [2.75, 3.05) is 0 Å². The highest BCUT2D eigenvalue weighted by atomic mass is 16.2. The zero-order chi connectivity index (χ0) is 15.3. The summed E-state index contributed by atoms with van der Waals surface area (Å²) in [5.41, 5.74) is 1.46. The third kappa shape index (κ3) is 1.85. The highest BCUT2D eigenvalue weighted by molar-refractivity contribution is 6.00. The number of hydrogen-bond acceptors (Lipinski definition) is 2. The molecule has 1 aromatic carbocycles. The molecular weight excluding hydrogens is 278 g/mol. The van der Waals surface area contributed by atoms with Crippen molar-refractivity contribution in [3.8, 4) is 0 Å². The standard InChI is InChI=1S/C17H19N3O2/c1-17-8-4-7-14(17)19-16(22)20(15(17)21)10-12-9-11-5-2-3-6-13(11)18-12/h2-3,5-6,9,14,18H,4,7-8,10H2,1H3,(H,19,22). The molecule has 0 bridgehead atoms. The zero-order valence-corrected chi connectivity index (χ0v) is 12.6. The van der Waals surface area contributed by atoms with Gasteiger partial charge in [0.1, 0.15) is 0 Å². The van der Waals surface area contributed by atoms with Crippen LogP contribution < -0.4 is 5.32 Å². The van der Waals surface area contributed by atoms with Crippen molar-refractivity contribution >= 4 is 22.8 Å². The summed E-state index contributed by atoms with van der Waals surface area (Å²) in [5, 5.41) is 4.10. The van der Waals surface area contributed by atoms with Crippen molar-refractivity contribution < 1.29 is 9.59 Å². The van der Waals surface area contributed by atoms with Gasteiger partial charge in [-0.3, -0.25) is 9.69 Å². The summed E-state index contributed by atoms with van der Waals surface area (Å²) in [6.07, 6.45) is 2.74. The molecule has 2 aromatic rings. The molecule has 2 atom stereocenters. The monoisotopic (exact) mass is 297 g/mol. The predicted molar refractivity (Wildman–Crippen MR) is 83.1 cm³/mol. The van der Waals surface area contributed by atoms with Gasteiger partial charge in [0, 0.05) is 17.3 Å². The summed E-state index contributed by atoms with van der Waals surface area (Å²) in [7, 11) is 0.